The number of hydrogen-bond acceptors (Lipinski definition) is 8. The van der Waals surface area contributed by atoms with E-state index in [9.17, 15) is 24.6 Å². The molecule has 54 heavy (non-hydrogen) atoms. The molecule has 3 fully saturated rings. The van der Waals surface area contributed by atoms with Gasteiger partial charge in [-0.15, -0.1) is 5.73 Å². The van der Waals surface area contributed by atoms with Crippen LogP contribution in [0.15, 0.2) is 100 Å². The third-order valence-electron chi connectivity index (χ3n) is 10.9. The van der Waals surface area contributed by atoms with Crippen molar-refractivity contribution in [2.45, 2.75) is 150 Å². The second-order valence-corrected chi connectivity index (χ2v) is 17.1. The van der Waals surface area contributed by atoms with Crippen molar-refractivity contribution in [3.63, 3.8) is 0 Å². The van der Waals surface area contributed by atoms with Gasteiger partial charge in [0.2, 0.25) is 0 Å². The average molecular weight is 745 g/mol. The van der Waals surface area contributed by atoms with Gasteiger partial charge in [0.15, 0.2) is 5.78 Å². The molecule has 0 bridgehead atoms. The van der Waals surface area contributed by atoms with Crippen LogP contribution in [0.25, 0.3) is 0 Å². The van der Waals surface area contributed by atoms with Crippen LogP contribution in [0.4, 0.5) is 0 Å². The Labute approximate surface area is 323 Å². The van der Waals surface area contributed by atoms with Gasteiger partial charge in [-0.25, -0.2) is 0 Å². The van der Waals surface area contributed by atoms with E-state index in [-0.39, 0.29) is 42.3 Å². The minimum absolute atomic E-state index is 0.0626. The largest absolute Gasteiger partial charge is 0.462 e. The maximum absolute atomic E-state index is 13.1. The number of epoxide rings is 1. The first-order chi connectivity index (χ1) is 25.1. The minimum atomic E-state index is -1.23. The van der Waals surface area contributed by atoms with Crippen molar-refractivity contribution in [2.24, 2.45) is 10.8 Å². The predicted octanol–water partition coefficient (Wildman–Crippen LogP) is 9.02. The molecule has 1 aliphatic heterocycles. The molecule has 0 amide bonds. The van der Waals surface area contributed by atoms with Crippen molar-refractivity contribution in [2.75, 3.05) is 6.61 Å². The molecule has 0 aromatic heterocycles. The molecule has 1 heterocycles. The summed E-state index contributed by atoms with van der Waals surface area (Å²) in [7, 11) is 0. The molecular weight excluding hydrogens is 680 g/mol. The fraction of sp³-hybridized carbons (Fsp3) is 0.565. The first-order valence-electron chi connectivity index (χ1n) is 19.2. The van der Waals surface area contributed by atoms with Crippen molar-refractivity contribution < 1.29 is 38.8 Å². The fourth-order valence-electron chi connectivity index (χ4n) is 8.24. The zero-order valence-electron chi connectivity index (χ0n) is 34.5. The number of esters is 2. The molecule has 0 aromatic carbocycles. The zero-order chi connectivity index (χ0) is 40.5. The van der Waals surface area contributed by atoms with E-state index in [1.54, 1.807) is 13.0 Å². The normalized spacial score (nSPS) is 30.0. The second kappa shape index (κ2) is 18.2. The summed E-state index contributed by atoms with van der Waals surface area (Å²) >= 11 is 0. The van der Waals surface area contributed by atoms with E-state index < -0.39 is 28.3 Å². The number of Topliss-reactive ketones (excluding diaryl/α,β-unsaturated/α-hetero) is 1. The summed E-state index contributed by atoms with van der Waals surface area (Å²) < 4.78 is 17.1. The Bertz CT molecular complexity index is 1680. The number of aliphatic hydroxyl groups excluding tert-OH is 1. The highest BCUT2D eigenvalue weighted by atomic mass is 16.6. The molecule has 2 N–H and O–H groups in total. The minimum Gasteiger partial charge on any atom is -0.462 e. The molecule has 3 aliphatic rings. The lowest BCUT2D eigenvalue weighted by molar-refractivity contribution is -0.152. The summed E-state index contributed by atoms with van der Waals surface area (Å²) in [5, 5.41) is 21.6. The summed E-state index contributed by atoms with van der Waals surface area (Å²) in [5.41, 5.74) is 4.47. The van der Waals surface area contributed by atoms with E-state index >= 15 is 0 Å². The van der Waals surface area contributed by atoms with Gasteiger partial charge in [-0.3, -0.25) is 14.4 Å². The number of carbonyl (C=O) groups excluding carboxylic acids is 3. The van der Waals surface area contributed by atoms with E-state index in [2.05, 4.69) is 19.6 Å². The van der Waals surface area contributed by atoms with Crippen LogP contribution in [0.5, 0.6) is 0 Å². The Morgan fingerprint density at radius 1 is 0.852 bits per heavy atom. The number of aliphatic hydroxyl groups is 2. The number of ether oxygens (including phenoxy) is 3. The summed E-state index contributed by atoms with van der Waals surface area (Å²) in [6.45, 7) is 21.1. The summed E-state index contributed by atoms with van der Waals surface area (Å²) in [4.78, 5) is 36.9. The summed E-state index contributed by atoms with van der Waals surface area (Å²) in [6.07, 6.45) is 23.6. The highest BCUT2D eigenvalue weighted by Crippen LogP contribution is 2.67. The molecular formula is C46H64O8. The standard InChI is InChI=1S/C46H64O8/c1-12-17-41(50)52-31-36(24-25-40-42(6,7)28-38(53-35(5)47)29-44(40,10)51)23-16-21-33(3)19-14-13-18-32(2)20-15-22-34(4)39(49)30-46-43(8,9)26-37(48)27-45(46,11)54-46/h13-16,18-24,37-38,48,51H,12,17,26-31H2,1-11H3. The molecule has 5 unspecified atom stereocenters. The van der Waals surface area contributed by atoms with Crippen LogP contribution in [0, 0.1) is 10.8 Å². The van der Waals surface area contributed by atoms with Crippen LogP contribution < -0.4 is 0 Å². The SMILES string of the molecule is CCCC(=O)OCC(C=C=C1C(C)(C)CC(OC(C)=O)CC1(C)O)=CC=CC(C)=CC=CC=C(C)C=CC=C(C)C(=O)CC12OC1(C)CC(O)CC2(C)C. The first kappa shape index (κ1) is 44.6. The van der Waals surface area contributed by atoms with Gasteiger partial charge in [0.25, 0.3) is 0 Å². The number of ketones is 1. The van der Waals surface area contributed by atoms with Crippen LogP contribution in [0.2, 0.25) is 0 Å². The molecule has 2 aliphatic carbocycles. The maximum atomic E-state index is 13.1. The van der Waals surface area contributed by atoms with E-state index in [4.69, 9.17) is 14.2 Å². The molecule has 8 nitrogen and oxygen atoms in total. The monoisotopic (exact) mass is 744 g/mol. The van der Waals surface area contributed by atoms with Crippen LogP contribution >= 0.6 is 0 Å². The quantitative estimate of drug-likeness (QED) is 0.0560. The topological polar surface area (TPSA) is 123 Å². The van der Waals surface area contributed by atoms with Crippen molar-refractivity contribution >= 4 is 17.7 Å². The lowest BCUT2D eigenvalue weighted by Crippen LogP contribution is -2.48. The Kier molecular flexibility index (Phi) is 15.0. The number of fused-ring (bicyclic) bond motifs is 1. The molecule has 1 saturated heterocycles. The van der Waals surface area contributed by atoms with Crippen molar-refractivity contribution in [1.82, 2.24) is 0 Å². The highest BCUT2D eigenvalue weighted by molar-refractivity contribution is 5.96. The molecule has 2 saturated carbocycles. The second-order valence-electron chi connectivity index (χ2n) is 17.1. The number of allylic oxidation sites excluding steroid dienone is 13. The third kappa shape index (κ3) is 11.8. The van der Waals surface area contributed by atoms with Crippen LogP contribution in [0.3, 0.4) is 0 Å². The lowest BCUT2D eigenvalue weighted by Gasteiger charge is -2.44. The zero-order valence-corrected chi connectivity index (χ0v) is 34.5. The van der Waals surface area contributed by atoms with Crippen molar-refractivity contribution in [3.8, 4) is 0 Å². The summed E-state index contributed by atoms with van der Waals surface area (Å²) in [5.74, 6) is -0.580. The molecule has 296 valence electrons. The van der Waals surface area contributed by atoms with Crippen molar-refractivity contribution in [1.29, 1.82) is 0 Å². The molecule has 0 aromatic rings. The van der Waals surface area contributed by atoms with Crippen LogP contribution in [-0.2, 0) is 28.6 Å². The maximum Gasteiger partial charge on any atom is 0.306 e. The third-order valence-corrected chi connectivity index (χ3v) is 10.9. The molecule has 5 atom stereocenters. The Morgan fingerprint density at radius 3 is 2.02 bits per heavy atom. The average Bonchev–Trinajstić information content (AvgIpc) is 3.64. The van der Waals surface area contributed by atoms with E-state index in [1.807, 2.05) is 109 Å². The predicted molar refractivity (Wildman–Crippen MR) is 214 cm³/mol. The number of carbonyl (C=O) groups is 3. The van der Waals surface area contributed by atoms with Gasteiger partial charge < -0.3 is 24.4 Å². The summed E-state index contributed by atoms with van der Waals surface area (Å²) in [6, 6.07) is 0. The molecule has 8 heteroatoms. The Balaban J connectivity index is 1.66. The van der Waals surface area contributed by atoms with Gasteiger partial charge >= 0.3 is 11.9 Å². The van der Waals surface area contributed by atoms with Gasteiger partial charge in [-0.05, 0) is 81.9 Å². The Morgan fingerprint density at radius 2 is 1.46 bits per heavy atom. The van der Waals surface area contributed by atoms with Gasteiger partial charge in [-0.2, -0.15) is 0 Å². The van der Waals surface area contributed by atoms with E-state index in [0.717, 1.165) is 11.1 Å². The molecule has 3 rings (SSSR count). The van der Waals surface area contributed by atoms with E-state index in [1.165, 1.54) is 6.92 Å². The highest BCUT2D eigenvalue weighted by Gasteiger charge is 2.76. The van der Waals surface area contributed by atoms with E-state index in [0.29, 0.717) is 55.2 Å². The van der Waals surface area contributed by atoms with Gasteiger partial charge in [-0.1, -0.05) is 107 Å². The first-order valence-corrected chi connectivity index (χ1v) is 19.2. The molecule has 0 spiro atoms. The Hall–Kier alpha value is -3.81. The van der Waals surface area contributed by atoms with Crippen LogP contribution in [0.1, 0.15) is 121 Å². The molecule has 0 radical (unpaired) electrons. The number of hydrogen-bond donors (Lipinski definition) is 2. The van der Waals surface area contributed by atoms with Gasteiger partial charge in [0, 0.05) is 38.2 Å². The smallest absolute Gasteiger partial charge is 0.306 e. The lowest BCUT2D eigenvalue weighted by atomic mass is 9.61. The fourth-order valence-corrected chi connectivity index (χ4v) is 8.24. The number of rotatable bonds is 15. The van der Waals surface area contributed by atoms with Gasteiger partial charge in [0.1, 0.15) is 18.3 Å². The van der Waals surface area contributed by atoms with Gasteiger partial charge in [0.05, 0.1) is 17.3 Å². The van der Waals surface area contributed by atoms with Crippen molar-refractivity contribution in [3.05, 3.63) is 100 Å². The van der Waals surface area contributed by atoms with Crippen LogP contribution in [-0.4, -0.2) is 63.6 Å².